The molecule has 1 aliphatic rings. The predicted octanol–water partition coefficient (Wildman–Crippen LogP) is 4.72. The summed E-state index contributed by atoms with van der Waals surface area (Å²) in [4.78, 5) is 14.8. The summed E-state index contributed by atoms with van der Waals surface area (Å²) < 4.78 is 5.66. The second-order valence-electron chi connectivity index (χ2n) is 7.89. The first kappa shape index (κ1) is 22.4. The highest BCUT2D eigenvalue weighted by Crippen LogP contribution is 2.40. The molecule has 2 aromatic carbocycles. The lowest BCUT2D eigenvalue weighted by Gasteiger charge is -2.14. The quantitative estimate of drug-likeness (QED) is 0.490. The van der Waals surface area contributed by atoms with Crippen LogP contribution in [0.3, 0.4) is 0 Å². The van der Waals surface area contributed by atoms with Gasteiger partial charge < -0.3 is 19.8 Å². The molecule has 0 saturated carbocycles. The summed E-state index contributed by atoms with van der Waals surface area (Å²) >= 11 is 1.68. The number of nitrogens with zero attached hydrogens (tertiary/aromatic N) is 2. The number of aromatic nitrogens is 1. The smallest absolute Gasteiger partial charge is 0.251 e. The number of phenolic OH excluding ortho intramolecular Hbond substituents is 1. The summed E-state index contributed by atoms with van der Waals surface area (Å²) in [6.07, 6.45) is 2.51. The third kappa shape index (κ3) is 5.34. The van der Waals surface area contributed by atoms with E-state index in [2.05, 4.69) is 22.3 Å². The van der Waals surface area contributed by atoms with Crippen LogP contribution in [-0.4, -0.2) is 53.0 Å². The van der Waals surface area contributed by atoms with Crippen LogP contribution in [0.5, 0.6) is 5.75 Å². The predicted molar refractivity (Wildman–Crippen MR) is 128 cm³/mol. The highest BCUT2D eigenvalue weighted by Gasteiger charge is 2.22. The number of rotatable bonds is 9. The Bertz CT molecular complexity index is 1030. The van der Waals surface area contributed by atoms with Gasteiger partial charge in [0.1, 0.15) is 11.4 Å². The second-order valence-corrected chi connectivity index (χ2v) is 9.27. The number of amides is 1. The van der Waals surface area contributed by atoms with Gasteiger partial charge in [-0.2, -0.15) is 0 Å². The number of carbonyl (C=O) groups excluding carboxylic acids is 1. The molecule has 0 aliphatic carbocycles. The maximum atomic E-state index is 12.4. The van der Waals surface area contributed by atoms with Crippen molar-refractivity contribution in [2.24, 2.45) is 0 Å². The van der Waals surface area contributed by atoms with Gasteiger partial charge in [0.05, 0.1) is 5.25 Å². The lowest BCUT2D eigenvalue weighted by Crippen LogP contribution is -2.33. The van der Waals surface area contributed by atoms with E-state index in [0.717, 1.165) is 36.5 Å². The molecule has 6 nitrogen and oxygen atoms in total. The molecule has 3 aromatic rings. The fourth-order valence-corrected chi connectivity index (χ4v) is 4.97. The van der Waals surface area contributed by atoms with E-state index in [9.17, 15) is 9.90 Å². The number of likely N-dealkylation sites (tertiary alicyclic amines) is 1. The number of carbonyl (C=O) groups is 1. The van der Waals surface area contributed by atoms with Crippen molar-refractivity contribution in [3.8, 4) is 17.0 Å². The van der Waals surface area contributed by atoms with Gasteiger partial charge in [0.25, 0.3) is 5.91 Å². The molecule has 1 aliphatic heterocycles. The number of nitrogens with one attached hydrogen (secondary N) is 1. The fourth-order valence-electron chi connectivity index (χ4n) is 3.98. The summed E-state index contributed by atoms with van der Waals surface area (Å²) in [5.41, 5.74) is 3.03. The third-order valence-electron chi connectivity index (χ3n) is 5.69. The Morgan fingerprint density at radius 1 is 1.19 bits per heavy atom. The van der Waals surface area contributed by atoms with Crippen LogP contribution in [-0.2, 0) is 0 Å². The Morgan fingerprint density at radius 2 is 1.94 bits per heavy atom. The van der Waals surface area contributed by atoms with Crippen molar-refractivity contribution < 1.29 is 14.4 Å². The summed E-state index contributed by atoms with van der Waals surface area (Å²) in [6, 6.07) is 16.6. The van der Waals surface area contributed by atoms with Crippen LogP contribution in [0.2, 0.25) is 0 Å². The van der Waals surface area contributed by atoms with E-state index in [1.54, 1.807) is 17.8 Å². The van der Waals surface area contributed by atoms with Crippen LogP contribution in [0, 0.1) is 0 Å². The molecule has 0 bridgehead atoms. The van der Waals surface area contributed by atoms with Crippen LogP contribution in [0.1, 0.15) is 46.7 Å². The van der Waals surface area contributed by atoms with Crippen molar-refractivity contribution in [2.45, 2.75) is 25.0 Å². The monoisotopic (exact) mass is 451 g/mol. The summed E-state index contributed by atoms with van der Waals surface area (Å²) in [7, 11) is 0. The van der Waals surface area contributed by atoms with Crippen molar-refractivity contribution in [1.82, 2.24) is 15.4 Å². The molecule has 1 saturated heterocycles. The summed E-state index contributed by atoms with van der Waals surface area (Å²) in [6.45, 7) is 5.90. The van der Waals surface area contributed by atoms with E-state index in [4.69, 9.17) is 4.52 Å². The minimum absolute atomic E-state index is 0.0597. The van der Waals surface area contributed by atoms with Gasteiger partial charge in [-0.25, -0.2) is 0 Å². The lowest BCUT2D eigenvalue weighted by molar-refractivity contribution is 0.0950. The lowest BCUT2D eigenvalue weighted by atomic mass is 10.1. The molecule has 1 fully saturated rings. The summed E-state index contributed by atoms with van der Waals surface area (Å²) in [5, 5.41) is 17.4. The molecular weight excluding hydrogens is 422 g/mol. The van der Waals surface area contributed by atoms with Gasteiger partial charge in [0.2, 0.25) is 0 Å². The van der Waals surface area contributed by atoms with Gasteiger partial charge in [-0.3, -0.25) is 4.79 Å². The zero-order valence-corrected chi connectivity index (χ0v) is 19.1. The number of para-hydroxylation sites is 1. The number of phenols is 1. The third-order valence-corrected chi connectivity index (χ3v) is 6.85. The van der Waals surface area contributed by atoms with Crippen LogP contribution in [0.15, 0.2) is 59.1 Å². The standard InChI is InChI=1S/C25H29N3O3S/c1-2-32-24(20-7-3-4-8-22(20)29)23-17-21(27-31-23)18-9-11-19(12-10-18)25(30)26-13-16-28-14-5-6-15-28/h3-4,7-12,17,24,29H,2,5-6,13-16H2,1H3,(H,26,30). The van der Waals surface area contributed by atoms with Crippen LogP contribution >= 0.6 is 11.8 Å². The minimum Gasteiger partial charge on any atom is -0.508 e. The number of hydrogen-bond acceptors (Lipinski definition) is 6. The largest absolute Gasteiger partial charge is 0.508 e. The fraction of sp³-hybridized carbons (Fsp3) is 0.360. The Morgan fingerprint density at radius 3 is 2.66 bits per heavy atom. The van der Waals surface area contributed by atoms with Crippen LogP contribution in [0.4, 0.5) is 0 Å². The number of aromatic hydroxyl groups is 1. The molecule has 2 N–H and O–H groups in total. The molecule has 1 amide bonds. The van der Waals surface area contributed by atoms with E-state index in [0.29, 0.717) is 23.6 Å². The van der Waals surface area contributed by atoms with Crippen LogP contribution < -0.4 is 5.32 Å². The van der Waals surface area contributed by atoms with Crippen LogP contribution in [0.25, 0.3) is 11.3 Å². The van der Waals surface area contributed by atoms with E-state index >= 15 is 0 Å². The van der Waals surface area contributed by atoms with Gasteiger partial charge in [-0.1, -0.05) is 42.4 Å². The molecule has 1 aromatic heterocycles. The van der Waals surface area contributed by atoms with E-state index in [1.807, 2.05) is 48.5 Å². The maximum Gasteiger partial charge on any atom is 0.251 e. The molecule has 4 rings (SSSR count). The molecule has 0 radical (unpaired) electrons. The van der Waals surface area contributed by atoms with Gasteiger partial charge in [-0.15, -0.1) is 11.8 Å². The summed E-state index contributed by atoms with van der Waals surface area (Å²) in [5.74, 6) is 1.75. The molecule has 32 heavy (non-hydrogen) atoms. The number of thioether (sulfide) groups is 1. The Balaban J connectivity index is 1.42. The van der Waals surface area contributed by atoms with E-state index in [1.165, 1.54) is 12.8 Å². The zero-order chi connectivity index (χ0) is 22.3. The molecule has 1 atom stereocenters. The Labute approximate surface area is 193 Å². The highest BCUT2D eigenvalue weighted by atomic mass is 32.2. The number of benzene rings is 2. The van der Waals surface area contributed by atoms with Gasteiger partial charge in [-0.05, 0) is 49.9 Å². The second kappa shape index (κ2) is 10.7. The Kier molecular flexibility index (Phi) is 7.50. The van der Waals surface area contributed by atoms with E-state index < -0.39 is 0 Å². The van der Waals surface area contributed by atoms with Gasteiger partial charge >= 0.3 is 0 Å². The SMILES string of the molecule is CCSC(c1cc(-c2ccc(C(=O)NCCN3CCCC3)cc2)no1)c1ccccc1O. The van der Waals surface area contributed by atoms with Crippen molar-refractivity contribution in [2.75, 3.05) is 31.9 Å². The van der Waals surface area contributed by atoms with Gasteiger partial charge in [0.15, 0.2) is 5.76 Å². The number of hydrogen-bond donors (Lipinski definition) is 2. The molecule has 168 valence electrons. The molecule has 1 unspecified atom stereocenters. The van der Waals surface area contributed by atoms with Crippen molar-refractivity contribution in [1.29, 1.82) is 0 Å². The normalized spacial score (nSPS) is 15.0. The molecule has 7 heteroatoms. The molecular formula is C25H29N3O3S. The van der Waals surface area contributed by atoms with E-state index in [-0.39, 0.29) is 16.9 Å². The van der Waals surface area contributed by atoms with Crippen molar-refractivity contribution in [3.05, 3.63) is 71.5 Å². The highest BCUT2D eigenvalue weighted by molar-refractivity contribution is 7.99. The first-order chi connectivity index (χ1) is 15.7. The first-order valence-electron chi connectivity index (χ1n) is 11.1. The molecule has 2 heterocycles. The van der Waals surface area contributed by atoms with Gasteiger partial charge in [0, 0.05) is 35.8 Å². The Hall–Kier alpha value is -2.77. The van der Waals surface area contributed by atoms with Crippen molar-refractivity contribution in [3.63, 3.8) is 0 Å². The maximum absolute atomic E-state index is 12.4. The zero-order valence-electron chi connectivity index (χ0n) is 18.3. The van der Waals surface area contributed by atoms with Crippen molar-refractivity contribution >= 4 is 17.7 Å². The first-order valence-corrected chi connectivity index (χ1v) is 12.2. The minimum atomic E-state index is -0.136. The molecule has 0 spiro atoms. The topological polar surface area (TPSA) is 78.6 Å². The average molecular weight is 452 g/mol. The average Bonchev–Trinajstić information content (AvgIpc) is 3.51.